The molecule has 0 heterocycles. The highest BCUT2D eigenvalue weighted by atomic mass is 35.5. The quantitative estimate of drug-likeness (QED) is 0.876. The highest BCUT2D eigenvalue weighted by molar-refractivity contribution is 6.30. The van der Waals surface area contributed by atoms with Crippen LogP contribution >= 0.6 is 11.6 Å². The van der Waals surface area contributed by atoms with Gasteiger partial charge in [-0.05, 0) is 50.5 Å². The minimum atomic E-state index is -0.495. The fraction of sp³-hybridized carbons (Fsp3) is 0.611. The van der Waals surface area contributed by atoms with Crippen LogP contribution in [0.1, 0.15) is 57.4 Å². The van der Waals surface area contributed by atoms with Gasteiger partial charge in [-0.25, -0.2) is 0 Å². The molecular weight excluding hydrogens is 298 g/mol. The molecule has 1 N–H and O–H groups in total. The summed E-state index contributed by atoms with van der Waals surface area (Å²) in [6.45, 7) is 3.73. The second-order valence-corrected chi connectivity index (χ2v) is 6.66. The Bertz CT molecular complexity index is 496. The third-order valence-electron chi connectivity index (χ3n) is 4.26. The summed E-state index contributed by atoms with van der Waals surface area (Å²) >= 11 is 5.94. The zero-order valence-electron chi connectivity index (χ0n) is 13.5. The van der Waals surface area contributed by atoms with Gasteiger partial charge in [-0.1, -0.05) is 43.7 Å². The Balaban J connectivity index is 1.88. The number of carbonyl (C=O) groups is 1. The lowest BCUT2D eigenvalue weighted by molar-refractivity contribution is -0.128. The second kappa shape index (κ2) is 8.42. The van der Waals surface area contributed by atoms with Gasteiger partial charge in [0, 0.05) is 11.1 Å². The van der Waals surface area contributed by atoms with Crippen LogP contribution in [0, 0.1) is 6.92 Å². The molecule has 1 aromatic rings. The van der Waals surface area contributed by atoms with Gasteiger partial charge < -0.3 is 10.1 Å². The lowest BCUT2D eigenvalue weighted by Crippen LogP contribution is -2.42. The molecule has 4 heteroatoms. The molecule has 1 fully saturated rings. The van der Waals surface area contributed by atoms with Crippen molar-refractivity contribution in [1.29, 1.82) is 0 Å². The number of amides is 1. The first-order chi connectivity index (χ1) is 10.6. The van der Waals surface area contributed by atoms with Crippen molar-refractivity contribution in [3.8, 4) is 5.75 Å². The van der Waals surface area contributed by atoms with Gasteiger partial charge in [-0.2, -0.15) is 0 Å². The van der Waals surface area contributed by atoms with Gasteiger partial charge >= 0.3 is 0 Å². The van der Waals surface area contributed by atoms with Crippen LogP contribution < -0.4 is 10.1 Å². The number of aryl methyl sites for hydroxylation is 1. The standard InChI is InChI=1S/C18H26ClNO2/c1-13-12-15(19)10-11-17(13)22-14(2)18(21)20-16-8-6-4-3-5-7-9-16/h10-12,14,16H,3-9H2,1-2H3,(H,20,21)/t14-/m0/s1. The molecule has 1 saturated carbocycles. The molecule has 0 unspecified atom stereocenters. The fourth-order valence-electron chi connectivity index (χ4n) is 2.91. The van der Waals surface area contributed by atoms with Gasteiger partial charge in [0.05, 0.1) is 0 Å². The van der Waals surface area contributed by atoms with Crippen LogP contribution in [0.25, 0.3) is 0 Å². The molecule has 1 atom stereocenters. The third kappa shape index (κ3) is 5.20. The lowest BCUT2D eigenvalue weighted by Gasteiger charge is -2.23. The average Bonchev–Trinajstić information content (AvgIpc) is 2.44. The van der Waals surface area contributed by atoms with Gasteiger partial charge in [-0.15, -0.1) is 0 Å². The summed E-state index contributed by atoms with van der Waals surface area (Å²) in [5.74, 6) is 0.685. The Morgan fingerprint density at radius 1 is 1.23 bits per heavy atom. The first-order valence-electron chi connectivity index (χ1n) is 8.29. The maximum Gasteiger partial charge on any atom is 0.260 e. The molecule has 22 heavy (non-hydrogen) atoms. The minimum Gasteiger partial charge on any atom is -0.481 e. The third-order valence-corrected chi connectivity index (χ3v) is 4.50. The molecule has 0 saturated heterocycles. The van der Waals surface area contributed by atoms with Gasteiger partial charge in [0.25, 0.3) is 5.91 Å². The van der Waals surface area contributed by atoms with E-state index >= 15 is 0 Å². The first-order valence-corrected chi connectivity index (χ1v) is 8.67. The monoisotopic (exact) mass is 323 g/mol. The minimum absolute atomic E-state index is 0.0278. The van der Waals surface area contributed by atoms with E-state index in [4.69, 9.17) is 16.3 Å². The van der Waals surface area contributed by atoms with Crippen molar-refractivity contribution in [2.24, 2.45) is 0 Å². The number of benzene rings is 1. The van der Waals surface area contributed by atoms with Crippen LogP contribution in [0.5, 0.6) is 5.75 Å². The summed E-state index contributed by atoms with van der Waals surface area (Å²) in [6.07, 6.45) is 7.97. The SMILES string of the molecule is Cc1cc(Cl)ccc1O[C@@H](C)C(=O)NC1CCCCCCC1. The number of hydrogen-bond acceptors (Lipinski definition) is 2. The van der Waals surface area contributed by atoms with Crippen LogP contribution in [0.2, 0.25) is 5.02 Å². The van der Waals surface area contributed by atoms with E-state index in [2.05, 4.69) is 5.32 Å². The predicted octanol–water partition coefficient (Wildman–Crippen LogP) is 4.64. The maximum absolute atomic E-state index is 12.3. The molecule has 122 valence electrons. The molecule has 1 aromatic carbocycles. The number of halogens is 1. The van der Waals surface area contributed by atoms with Gasteiger partial charge in [-0.3, -0.25) is 4.79 Å². The van der Waals surface area contributed by atoms with Crippen molar-refractivity contribution >= 4 is 17.5 Å². The normalized spacial score (nSPS) is 18.1. The number of hydrogen-bond donors (Lipinski definition) is 1. The summed E-state index contributed by atoms with van der Waals surface area (Å²) in [4.78, 5) is 12.3. The van der Waals surface area contributed by atoms with E-state index in [0.29, 0.717) is 16.8 Å². The van der Waals surface area contributed by atoms with E-state index in [1.165, 1.54) is 32.1 Å². The maximum atomic E-state index is 12.3. The molecule has 2 rings (SSSR count). The summed E-state index contributed by atoms with van der Waals surface area (Å²) in [5, 5.41) is 3.82. The summed E-state index contributed by atoms with van der Waals surface area (Å²) in [7, 11) is 0. The molecule has 3 nitrogen and oxygen atoms in total. The fourth-order valence-corrected chi connectivity index (χ4v) is 3.13. The van der Waals surface area contributed by atoms with Crippen LogP contribution in [0.3, 0.4) is 0 Å². The van der Waals surface area contributed by atoms with Crippen LogP contribution in [0.15, 0.2) is 18.2 Å². The van der Waals surface area contributed by atoms with Gasteiger partial charge in [0.1, 0.15) is 5.75 Å². The molecule has 0 spiro atoms. The van der Waals surface area contributed by atoms with Crippen LogP contribution in [-0.4, -0.2) is 18.1 Å². The Hall–Kier alpha value is -1.22. The van der Waals surface area contributed by atoms with E-state index in [1.807, 2.05) is 19.1 Å². The highest BCUT2D eigenvalue weighted by Gasteiger charge is 2.20. The zero-order chi connectivity index (χ0) is 15.9. The summed E-state index contributed by atoms with van der Waals surface area (Å²) in [6, 6.07) is 5.74. The molecule has 1 aliphatic rings. The van der Waals surface area contributed by atoms with E-state index in [0.717, 1.165) is 18.4 Å². The number of nitrogens with one attached hydrogen (secondary N) is 1. The van der Waals surface area contributed by atoms with Crippen molar-refractivity contribution in [3.63, 3.8) is 0 Å². The van der Waals surface area contributed by atoms with E-state index in [1.54, 1.807) is 13.0 Å². The molecule has 1 amide bonds. The Morgan fingerprint density at radius 2 is 1.86 bits per heavy atom. The molecule has 0 radical (unpaired) electrons. The molecule has 0 aliphatic heterocycles. The van der Waals surface area contributed by atoms with E-state index in [-0.39, 0.29) is 5.91 Å². The van der Waals surface area contributed by atoms with E-state index < -0.39 is 6.10 Å². The first kappa shape index (κ1) is 17.1. The molecular formula is C18H26ClNO2. The topological polar surface area (TPSA) is 38.3 Å². The number of ether oxygens (including phenoxy) is 1. The molecule has 0 bridgehead atoms. The van der Waals surface area contributed by atoms with Gasteiger partial charge in [0.15, 0.2) is 6.10 Å². The number of rotatable bonds is 4. The Kier molecular flexibility index (Phi) is 6.56. The number of carbonyl (C=O) groups excluding carboxylic acids is 1. The van der Waals surface area contributed by atoms with Crippen molar-refractivity contribution in [3.05, 3.63) is 28.8 Å². The Labute approximate surface area is 138 Å². The van der Waals surface area contributed by atoms with Crippen molar-refractivity contribution in [2.75, 3.05) is 0 Å². The summed E-state index contributed by atoms with van der Waals surface area (Å²) in [5.41, 5.74) is 0.943. The molecule has 0 aromatic heterocycles. The van der Waals surface area contributed by atoms with Crippen molar-refractivity contribution < 1.29 is 9.53 Å². The smallest absolute Gasteiger partial charge is 0.260 e. The zero-order valence-corrected chi connectivity index (χ0v) is 14.3. The second-order valence-electron chi connectivity index (χ2n) is 6.22. The largest absolute Gasteiger partial charge is 0.481 e. The van der Waals surface area contributed by atoms with Crippen LogP contribution in [0.4, 0.5) is 0 Å². The van der Waals surface area contributed by atoms with Gasteiger partial charge in [0.2, 0.25) is 0 Å². The van der Waals surface area contributed by atoms with Crippen molar-refractivity contribution in [2.45, 2.75) is 70.9 Å². The summed E-state index contributed by atoms with van der Waals surface area (Å²) < 4.78 is 5.79. The van der Waals surface area contributed by atoms with Crippen molar-refractivity contribution in [1.82, 2.24) is 5.32 Å². The van der Waals surface area contributed by atoms with E-state index in [9.17, 15) is 4.79 Å². The predicted molar refractivity (Wildman–Crippen MR) is 90.5 cm³/mol. The highest BCUT2D eigenvalue weighted by Crippen LogP contribution is 2.23. The molecule has 1 aliphatic carbocycles. The van der Waals surface area contributed by atoms with Crippen LogP contribution in [-0.2, 0) is 4.79 Å². The Morgan fingerprint density at radius 3 is 2.50 bits per heavy atom. The average molecular weight is 324 g/mol. The lowest BCUT2D eigenvalue weighted by atomic mass is 9.96.